The Morgan fingerprint density at radius 3 is 2.32 bits per heavy atom. The SMILES string of the molecule is CCC(C(=O)O)N(C)CCC1(c2ccc(F)cc2)OC(C)(C)c2ccccc21. The Labute approximate surface area is 165 Å². The van der Waals surface area contributed by atoms with Crippen molar-refractivity contribution in [1.82, 2.24) is 4.90 Å². The largest absolute Gasteiger partial charge is 0.480 e. The first-order valence-electron chi connectivity index (χ1n) is 9.70. The number of likely N-dealkylation sites (N-methyl/N-ethyl adjacent to an activating group) is 1. The van der Waals surface area contributed by atoms with Crippen LogP contribution in [-0.4, -0.2) is 35.6 Å². The van der Waals surface area contributed by atoms with Gasteiger partial charge in [-0.25, -0.2) is 4.39 Å². The molecule has 1 heterocycles. The summed E-state index contributed by atoms with van der Waals surface area (Å²) < 4.78 is 20.2. The van der Waals surface area contributed by atoms with Crippen molar-refractivity contribution in [3.63, 3.8) is 0 Å². The molecule has 0 fully saturated rings. The third-order valence-electron chi connectivity index (χ3n) is 5.77. The zero-order valence-electron chi connectivity index (χ0n) is 16.9. The van der Waals surface area contributed by atoms with Crippen molar-refractivity contribution < 1.29 is 19.0 Å². The van der Waals surface area contributed by atoms with Crippen LogP contribution in [0.15, 0.2) is 48.5 Å². The molecule has 0 aliphatic carbocycles. The molecule has 0 saturated heterocycles. The Kier molecular flexibility index (Phi) is 5.60. The van der Waals surface area contributed by atoms with E-state index in [1.165, 1.54) is 12.1 Å². The average molecular weight is 385 g/mol. The molecule has 2 aromatic carbocycles. The van der Waals surface area contributed by atoms with Gasteiger partial charge in [0.15, 0.2) is 0 Å². The number of carboxylic acids is 1. The van der Waals surface area contributed by atoms with Crippen LogP contribution >= 0.6 is 0 Å². The number of benzene rings is 2. The first-order chi connectivity index (χ1) is 13.2. The van der Waals surface area contributed by atoms with E-state index in [0.717, 1.165) is 16.7 Å². The second kappa shape index (κ2) is 7.64. The second-order valence-corrected chi connectivity index (χ2v) is 7.98. The van der Waals surface area contributed by atoms with E-state index in [1.54, 1.807) is 12.1 Å². The van der Waals surface area contributed by atoms with Crippen LogP contribution in [0.1, 0.15) is 50.3 Å². The van der Waals surface area contributed by atoms with Crippen molar-refractivity contribution >= 4 is 5.97 Å². The predicted molar refractivity (Wildman–Crippen MR) is 107 cm³/mol. The molecule has 0 amide bonds. The minimum atomic E-state index is -0.825. The van der Waals surface area contributed by atoms with Gasteiger partial charge < -0.3 is 9.84 Å². The monoisotopic (exact) mass is 385 g/mol. The molecule has 0 spiro atoms. The molecule has 2 unspecified atom stereocenters. The van der Waals surface area contributed by atoms with Crippen LogP contribution in [0.25, 0.3) is 0 Å². The van der Waals surface area contributed by atoms with Crippen molar-refractivity contribution in [2.45, 2.75) is 50.9 Å². The summed E-state index contributed by atoms with van der Waals surface area (Å²) in [6.07, 6.45) is 1.09. The highest BCUT2D eigenvalue weighted by Gasteiger charge is 2.49. The van der Waals surface area contributed by atoms with E-state index in [-0.39, 0.29) is 5.82 Å². The quantitative estimate of drug-likeness (QED) is 0.761. The van der Waals surface area contributed by atoms with Crippen molar-refractivity contribution in [2.24, 2.45) is 0 Å². The summed E-state index contributed by atoms with van der Waals surface area (Å²) in [5, 5.41) is 9.47. The van der Waals surface area contributed by atoms with E-state index >= 15 is 0 Å². The van der Waals surface area contributed by atoms with Crippen LogP contribution in [0.3, 0.4) is 0 Å². The number of ether oxygens (including phenoxy) is 1. The fourth-order valence-electron chi connectivity index (χ4n) is 4.33. The zero-order chi connectivity index (χ0) is 20.5. The minimum Gasteiger partial charge on any atom is -0.480 e. The summed E-state index contributed by atoms with van der Waals surface area (Å²) in [5.41, 5.74) is 1.79. The number of hydrogen-bond donors (Lipinski definition) is 1. The van der Waals surface area contributed by atoms with Crippen LogP contribution in [0.5, 0.6) is 0 Å². The Balaban J connectivity index is 2.03. The highest BCUT2D eigenvalue weighted by Crippen LogP contribution is 2.52. The Morgan fingerprint density at radius 1 is 1.14 bits per heavy atom. The molecule has 0 bridgehead atoms. The number of aliphatic carboxylic acids is 1. The van der Waals surface area contributed by atoms with Gasteiger partial charge in [0.05, 0.1) is 5.60 Å². The molecule has 1 aliphatic heterocycles. The maximum atomic E-state index is 13.6. The maximum Gasteiger partial charge on any atom is 0.320 e. The fraction of sp³-hybridized carbons (Fsp3) is 0.435. The molecule has 1 aliphatic rings. The summed E-state index contributed by atoms with van der Waals surface area (Å²) in [6, 6.07) is 14.0. The molecule has 4 nitrogen and oxygen atoms in total. The lowest BCUT2D eigenvalue weighted by molar-refractivity contribution is -0.144. The molecular weight excluding hydrogens is 357 g/mol. The number of halogens is 1. The molecule has 0 radical (unpaired) electrons. The molecule has 1 N–H and O–H groups in total. The van der Waals surface area contributed by atoms with Gasteiger partial charge in [0.2, 0.25) is 0 Å². The smallest absolute Gasteiger partial charge is 0.320 e. The Bertz CT molecular complexity index is 849. The van der Waals surface area contributed by atoms with E-state index in [2.05, 4.69) is 12.1 Å². The fourth-order valence-corrected chi connectivity index (χ4v) is 4.33. The zero-order valence-corrected chi connectivity index (χ0v) is 16.9. The topological polar surface area (TPSA) is 49.8 Å². The third kappa shape index (κ3) is 3.56. The number of carboxylic acid groups (broad SMARTS) is 1. The molecule has 0 saturated carbocycles. The summed E-state index contributed by atoms with van der Waals surface area (Å²) in [7, 11) is 1.83. The molecule has 5 heteroatoms. The van der Waals surface area contributed by atoms with Crippen LogP contribution < -0.4 is 0 Å². The molecule has 2 aromatic rings. The van der Waals surface area contributed by atoms with Gasteiger partial charge in [-0.1, -0.05) is 43.3 Å². The number of fused-ring (bicyclic) bond motifs is 1. The Morgan fingerprint density at radius 2 is 1.75 bits per heavy atom. The third-order valence-corrected chi connectivity index (χ3v) is 5.77. The van der Waals surface area contributed by atoms with Crippen LogP contribution in [0.4, 0.5) is 4.39 Å². The lowest BCUT2D eigenvalue weighted by atomic mass is 9.81. The highest BCUT2D eigenvalue weighted by molar-refractivity contribution is 5.73. The molecule has 2 atom stereocenters. The van der Waals surface area contributed by atoms with Crippen LogP contribution in [0, 0.1) is 5.82 Å². The number of rotatable bonds is 7. The van der Waals surface area contributed by atoms with Crippen LogP contribution in [-0.2, 0) is 20.7 Å². The van der Waals surface area contributed by atoms with Crippen molar-refractivity contribution in [3.8, 4) is 0 Å². The summed E-state index contributed by atoms with van der Waals surface area (Å²) in [4.78, 5) is 13.4. The maximum absolute atomic E-state index is 13.6. The lowest BCUT2D eigenvalue weighted by Gasteiger charge is -2.35. The number of hydrogen-bond acceptors (Lipinski definition) is 3. The number of carbonyl (C=O) groups is 1. The summed E-state index contributed by atoms with van der Waals surface area (Å²) in [5.74, 6) is -1.12. The first-order valence-corrected chi connectivity index (χ1v) is 9.70. The molecular formula is C23H28FNO3. The lowest BCUT2D eigenvalue weighted by Crippen LogP contribution is -2.41. The molecule has 3 rings (SSSR count). The van der Waals surface area contributed by atoms with E-state index in [9.17, 15) is 14.3 Å². The molecule has 28 heavy (non-hydrogen) atoms. The summed E-state index contributed by atoms with van der Waals surface area (Å²) >= 11 is 0. The summed E-state index contributed by atoms with van der Waals surface area (Å²) in [6.45, 7) is 6.47. The van der Waals surface area contributed by atoms with Gasteiger partial charge in [0.25, 0.3) is 0 Å². The van der Waals surface area contributed by atoms with E-state index in [1.807, 2.05) is 44.9 Å². The standard InChI is InChI=1S/C23H28FNO3/c1-5-20(21(26)27)25(4)15-14-23(16-10-12-17(24)13-11-16)19-9-7-6-8-18(19)22(2,3)28-23/h6-13,20H,5,14-15H2,1-4H3,(H,26,27). The predicted octanol–water partition coefficient (Wildman–Crippen LogP) is 4.52. The molecule has 0 aromatic heterocycles. The Hall–Kier alpha value is -2.24. The van der Waals surface area contributed by atoms with Gasteiger partial charge in [0.1, 0.15) is 17.5 Å². The van der Waals surface area contributed by atoms with Gasteiger partial charge in [-0.3, -0.25) is 9.69 Å². The van der Waals surface area contributed by atoms with Gasteiger partial charge in [-0.2, -0.15) is 0 Å². The minimum absolute atomic E-state index is 0.293. The van der Waals surface area contributed by atoms with E-state index < -0.39 is 23.2 Å². The van der Waals surface area contributed by atoms with Gasteiger partial charge in [-0.15, -0.1) is 0 Å². The van der Waals surface area contributed by atoms with E-state index in [0.29, 0.717) is 19.4 Å². The van der Waals surface area contributed by atoms with Crippen molar-refractivity contribution in [2.75, 3.05) is 13.6 Å². The number of nitrogens with zero attached hydrogens (tertiary/aromatic N) is 1. The molecule has 150 valence electrons. The second-order valence-electron chi connectivity index (χ2n) is 7.98. The van der Waals surface area contributed by atoms with E-state index in [4.69, 9.17) is 4.74 Å². The highest BCUT2D eigenvalue weighted by atomic mass is 19.1. The van der Waals surface area contributed by atoms with Crippen molar-refractivity contribution in [3.05, 3.63) is 71.0 Å². The van der Waals surface area contributed by atoms with Gasteiger partial charge >= 0.3 is 5.97 Å². The van der Waals surface area contributed by atoms with Gasteiger partial charge in [0, 0.05) is 6.54 Å². The first kappa shape index (κ1) is 20.5. The van der Waals surface area contributed by atoms with Crippen molar-refractivity contribution in [1.29, 1.82) is 0 Å². The van der Waals surface area contributed by atoms with Gasteiger partial charge in [-0.05, 0) is 62.6 Å². The normalized spacial score (nSPS) is 21.5. The average Bonchev–Trinajstić information content (AvgIpc) is 2.89. The van der Waals surface area contributed by atoms with Crippen LogP contribution in [0.2, 0.25) is 0 Å².